The van der Waals surface area contributed by atoms with E-state index in [9.17, 15) is 13.2 Å². The highest BCUT2D eigenvalue weighted by Crippen LogP contribution is 2.09. The molecule has 7 heteroatoms. The number of nitriles is 1. The van der Waals surface area contributed by atoms with E-state index >= 15 is 0 Å². The molecule has 0 aliphatic heterocycles. The maximum atomic E-state index is 11.8. The Morgan fingerprint density at radius 3 is 2.75 bits per heavy atom. The molecule has 0 N–H and O–H groups in total. The van der Waals surface area contributed by atoms with Crippen molar-refractivity contribution in [2.24, 2.45) is 0 Å². The number of methoxy groups -OCH3 is 1. The topological polar surface area (TPSA) is 93.5 Å². The number of esters is 1. The molecule has 1 aromatic rings. The molecule has 0 aliphatic carbocycles. The number of carbonyl (C=O) groups is 1. The van der Waals surface area contributed by atoms with Crippen LogP contribution < -0.4 is 0 Å². The summed E-state index contributed by atoms with van der Waals surface area (Å²) in [5.41, 5.74) is 0.842. The molecule has 0 saturated heterocycles. The molecular weight excluding hydrogens is 282 g/mol. The molecule has 1 aromatic carbocycles. The third-order valence-corrected chi connectivity index (χ3v) is 3.78. The molecule has 0 amide bonds. The Bertz CT molecular complexity index is 603. The van der Waals surface area contributed by atoms with Gasteiger partial charge in [-0.1, -0.05) is 12.1 Å². The van der Waals surface area contributed by atoms with Crippen LogP contribution in [0.5, 0.6) is 0 Å². The van der Waals surface area contributed by atoms with Gasteiger partial charge in [0.1, 0.15) is 12.4 Å². The van der Waals surface area contributed by atoms with Crippen molar-refractivity contribution >= 4 is 15.8 Å². The predicted octanol–water partition coefficient (Wildman–Crippen LogP) is 0.663. The minimum Gasteiger partial charge on any atom is -0.462 e. The standard InChI is InChI=1S/C13H15NO5S/c1-18-5-6-19-13(15)10-20(16,17)9-12-4-2-3-11(7-12)8-14/h2-4,7H,5-6,9-10H2,1H3. The number of benzene rings is 1. The molecule has 0 atom stereocenters. The lowest BCUT2D eigenvalue weighted by atomic mass is 10.2. The van der Waals surface area contributed by atoms with E-state index in [1.165, 1.54) is 13.2 Å². The highest BCUT2D eigenvalue weighted by Gasteiger charge is 2.18. The van der Waals surface area contributed by atoms with Crippen LogP contribution in [0.15, 0.2) is 24.3 Å². The summed E-state index contributed by atoms with van der Waals surface area (Å²) in [5, 5.41) is 8.74. The van der Waals surface area contributed by atoms with Gasteiger partial charge >= 0.3 is 5.97 Å². The smallest absolute Gasteiger partial charge is 0.321 e. The summed E-state index contributed by atoms with van der Waals surface area (Å²) in [6.45, 7) is 0.241. The average Bonchev–Trinajstić information content (AvgIpc) is 2.38. The van der Waals surface area contributed by atoms with Crippen LogP contribution in [0.1, 0.15) is 11.1 Å². The second-order valence-electron chi connectivity index (χ2n) is 4.06. The molecule has 1 rings (SSSR count). The summed E-state index contributed by atoms with van der Waals surface area (Å²) in [6, 6.07) is 8.18. The molecule has 0 radical (unpaired) electrons. The minimum atomic E-state index is -3.62. The van der Waals surface area contributed by atoms with Crippen molar-refractivity contribution < 1.29 is 22.7 Å². The largest absolute Gasteiger partial charge is 0.462 e. The van der Waals surface area contributed by atoms with Crippen LogP contribution in [0.4, 0.5) is 0 Å². The average molecular weight is 297 g/mol. The van der Waals surface area contributed by atoms with Crippen LogP contribution in [0, 0.1) is 11.3 Å². The van der Waals surface area contributed by atoms with Crippen molar-refractivity contribution in [3.05, 3.63) is 35.4 Å². The van der Waals surface area contributed by atoms with Crippen LogP contribution in [0.25, 0.3) is 0 Å². The lowest BCUT2D eigenvalue weighted by Crippen LogP contribution is -2.21. The lowest BCUT2D eigenvalue weighted by molar-refractivity contribution is -0.141. The van der Waals surface area contributed by atoms with Gasteiger partial charge in [-0.3, -0.25) is 4.79 Å². The van der Waals surface area contributed by atoms with Crippen LogP contribution in [-0.4, -0.2) is 40.5 Å². The van der Waals surface area contributed by atoms with E-state index in [0.717, 1.165) is 0 Å². The normalized spacial score (nSPS) is 10.8. The molecule has 20 heavy (non-hydrogen) atoms. The molecule has 0 fully saturated rings. The van der Waals surface area contributed by atoms with Gasteiger partial charge in [0.05, 0.1) is 24.0 Å². The Kier molecular flexibility index (Phi) is 6.15. The Hall–Kier alpha value is -1.91. The second kappa shape index (κ2) is 7.62. The van der Waals surface area contributed by atoms with Crippen molar-refractivity contribution in [1.29, 1.82) is 5.26 Å². The molecular formula is C13H15NO5S. The summed E-state index contributed by atoms with van der Waals surface area (Å²) < 4.78 is 33.0. The monoisotopic (exact) mass is 297 g/mol. The van der Waals surface area contributed by atoms with Crippen molar-refractivity contribution in [3.8, 4) is 6.07 Å². The second-order valence-corrected chi connectivity index (χ2v) is 6.12. The Morgan fingerprint density at radius 1 is 1.35 bits per heavy atom. The van der Waals surface area contributed by atoms with Gasteiger partial charge in [-0.05, 0) is 17.7 Å². The van der Waals surface area contributed by atoms with E-state index in [1.54, 1.807) is 18.2 Å². The summed E-state index contributed by atoms with van der Waals surface area (Å²) in [5.74, 6) is -1.80. The summed E-state index contributed by atoms with van der Waals surface area (Å²) in [6.07, 6.45) is 0. The third kappa shape index (κ3) is 5.82. The number of carbonyl (C=O) groups excluding carboxylic acids is 1. The van der Waals surface area contributed by atoms with Gasteiger partial charge in [-0.2, -0.15) is 5.26 Å². The molecule has 0 bridgehead atoms. The van der Waals surface area contributed by atoms with Gasteiger partial charge in [0.15, 0.2) is 9.84 Å². The van der Waals surface area contributed by atoms with Gasteiger partial charge in [-0.15, -0.1) is 0 Å². The zero-order chi connectivity index (χ0) is 15.0. The fourth-order valence-electron chi connectivity index (χ4n) is 1.50. The molecule has 0 saturated carbocycles. The minimum absolute atomic E-state index is 0.0226. The molecule has 0 aliphatic rings. The summed E-state index contributed by atoms with van der Waals surface area (Å²) >= 11 is 0. The van der Waals surface area contributed by atoms with Gasteiger partial charge < -0.3 is 9.47 Å². The third-order valence-electron chi connectivity index (χ3n) is 2.33. The first-order valence-electron chi connectivity index (χ1n) is 5.81. The van der Waals surface area contributed by atoms with Gasteiger partial charge in [0, 0.05) is 7.11 Å². The van der Waals surface area contributed by atoms with E-state index < -0.39 is 21.6 Å². The number of sulfone groups is 1. The number of hydrogen-bond donors (Lipinski definition) is 0. The van der Waals surface area contributed by atoms with E-state index in [4.69, 9.17) is 10.00 Å². The van der Waals surface area contributed by atoms with Crippen LogP contribution in [0.2, 0.25) is 0 Å². The van der Waals surface area contributed by atoms with E-state index in [2.05, 4.69) is 4.74 Å². The zero-order valence-electron chi connectivity index (χ0n) is 11.0. The molecule has 0 aromatic heterocycles. The van der Waals surface area contributed by atoms with E-state index in [0.29, 0.717) is 11.1 Å². The number of rotatable bonds is 7. The maximum absolute atomic E-state index is 11.8. The van der Waals surface area contributed by atoms with Crippen LogP contribution >= 0.6 is 0 Å². The number of ether oxygens (including phenoxy) is 2. The van der Waals surface area contributed by atoms with Gasteiger partial charge in [-0.25, -0.2) is 8.42 Å². The number of nitrogens with zero attached hydrogens (tertiary/aromatic N) is 1. The van der Waals surface area contributed by atoms with Crippen molar-refractivity contribution in [3.63, 3.8) is 0 Å². The maximum Gasteiger partial charge on any atom is 0.321 e. The van der Waals surface area contributed by atoms with Crippen molar-refractivity contribution in [2.45, 2.75) is 5.75 Å². The van der Waals surface area contributed by atoms with Crippen LogP contribution in [-0.2, 0) is 29.9 Å². The van der Waals surface area contributed by atoms with Gasteiger partial charge in [0.2, 0.25) is 0 Å². The molecule has 0 spiro atoms. The first-order chi connectivity index (χ1) is 9.46. The van der Waals surface area contributed by atoms with Gasteiger partial charge in [0.25, 0.3) is 0 Å². The predicted molar refractivity (Wildman–Crippen MR) is 71.5 cm³/mol. The molecule has 108 valence electrons. The number of hydrogen-bond acceptors (Lipinski definition) is 6. The Morgan fingerprint density at radius 2 is 2.10 bits per heavy atom. The fourth-order valence-corrected chi connectivity index (χ4v) is 2.73. The highest BCUT2D eigenvalue weighted by atomic mass is 32.2. The fraction of sp³-hybridized carbons (Fsp3) is 0.385. The molecule has 0 unspecified atom stereocenters. The highest BCUT2D eigenvalue weighted by molar-refractivity contribution is 7.91. The zero-order valence-corrected chi connectivity index (χ0v) is 11.9. The SMILES string of the molecule is COCCOC(=O)CS(=O)(=O)Cc1cccc(C#N)c1. The van der Waals surface area contributed by atoms with Crippen LogP contribution in [0.3, 0.4) is 0 Å². The lowest BCUT2D eigenvalue weighted by Gasteiger charge is -2.06. The van der Waals surface area contributed by atoms with E-state index in [1.807, 2.05) is 6.07 Å². The van der Waals surface area contributed by atoms with Crippen molar-refractivity contribution in [1.82, 2.24) is 0 Å². The quantitative estimate of drug-likeness (QED) is 0.542. The molecule has 0 heterocycles. The first-order valence-corrected chi connectivity index (χ1v) is 7.63. The summed E-state index contributed by atoms with van der Waals surface area (Å²) in [7, 11) is -2.17. The van der Waals surface area contributed by atoms with E-state index in [-0.39, 0.29) is 19.0 Å². The summed E-state index contributed by atoms with van der Waals surface area (Å²) in [4.78, 5) is 11.3. The Balaban J connectivity index is 2.61. The molecule has 6 nitrogen and oxygen atoms in total. The first kappa shape index (κ1) is 16.1. The Labute approximate surface area is 117 Å². The van der Waals surface area contributed by atoms with Crippen molar-refractivity contribution in [2.75, 3.05) is 26.1 Å².